The van der Waals surface area contributed by atoms with Crippen molar-refractivity contribution in [3.05, 3.63) is 28.8 Å². The van der Waals surface area contributed by atoms with Crippen molar-refractivity contribution in [1.29, 1.82) is 0 Å². The molecule has 1 rings (SSSR count). The molecule has 3 N–H and O–H groups in total. The van der Waals surface area contributed by atoms with Gasteiger partial charge in [0.1, 0.15) is 0 Å². The molecule has 0 aromatic heterocycles. The fourth-order valence-corrected chi connectivity index (χ4v) is 2.47. The zero-order valence-corrected chi connectivity index (χ0v) is 17.0. The maximum absolute atomic E-state index is 12.1. The Hall–Kier alpha value is -2.74. The first-order chi connectivity index (χ1) is 13.2. The van der Waals surface area contributed by atoms with Gasteiger partial charge in [-0.15, -0.1) is 0 Å². The third-order valence-corrected chi connectivity index (χ3v) is 3.75. The molecule has 0 radical (unpaired) electrons. The maximum atomic E-state index is 12.1. The molecule has 1 atom stereocenters. The summed E-state index contributed by atoms with van der Waals surface area (Å²) >= 11 is 6.23. The van der Waals surface area contributed by atoms with Crippen LogP contribution in [0.3, 0.4) is 0 Å². The number of carbonyl (C=O) groups is 3. The number of primary amides is 1. The number of methoxy groups -OCH3 is 1. The fourth-order valence-electron chi connectivity index (χ4n) is 2.19. The lowest BCUT2D eigenvalue weighted by molar-refractivity contribution is -0.153. The molecular weight excluding hydrogens is 388 g/mol. The summed E-state index contributed by atoms with van der Waals surface area (Å²) in [5, 5.41) is 2.23. The predicted molar refractivity (Wildman–Crippen MR) is 105 cm³/mol. The highest BCUT2D eigenvalue weighted by molar-refractivity contribution is 6.32. The largest absolute Gasteiger partial charge is 0.493 e. The number of nitrogens with two attached hydrogens (primary N) is 1. The second-order valence-corrected chi connectivity index (χ2v) is 6.58. The molecule has 0 aliphatic rings. The highest BCUT2D eigenvalue weighted by Gasteiger charge is 2.26. The van der Waals surface area contributed by atoms with E-state index in [0.717, 1.165) is 12.5 Å². The number of urea groups is 1. The number of rotatable bonds is 9. The van der Waals surface area contributed by atoms with Crippen LogP contribution < -0.4 is 20.5 Å². The van der Waals surface area contributed by atoms with E-state index in [9.17, 15) is 14.4 Å². The molecule has 3 amide bonds. The number of hydrogen-bond donors (Lipinski definition) is 2. The molecule has 28 heavy (non-hydrogen) atoms. The molecule has 1 aromatic rings. The summed E-state index contributed by atoms with van der Waals surface area (Å²) in [6.07, 6.45) is 2.26. The van der Waals surface area contributed by atoms with Crippen LogP contribution in [0.1, 0.15) is 32.8 Å². The van der Waals surface area contributed by atoms with Gasteiger partial charge in [0.05, 0.1) is 18.7 Å². The van der Waals surface area contributed by atoms with Crippen molar-refractivity contribution in [1.82, 2.24) is 5.32 Å². The van der Waals surface area contributed by atoms with Crippen LogP contribution in [-0.4, -0.2) is 37.7 Å². The van der Waals surface area contributed by atoms with Gasteiger partial charge in [-0.25, -0.2) is 9.59 Å². The van der Waals surface area contributed by atoms with Crippen molar-refractivity contribution in [3.63, 3.8) is 0 Å². The van der Waals surface area contributed by atoms with Crippen LogP contribution in [0.4, 0.5) is 4.79 Å². The Bertz CT molecular complexity index is 748. The molecule has 0 spiro atoms. The minimum Gasteiger partial charge on any atom is -0.493 e. The summed E-state index contributed by atoms with van der Waals surface area (Å²) in [7, 11) is 1.48. The van der Waals surface area contributed by atoms with Crippen molar-refractivity contribution in [3.8, 4) is 11.5 Å². The van der Waals surface area contributed by atoms with E-state index in [0.29, 0.717) is 28.7 Å². The van der Waals surface area contributed by atoms with E-state index in [1.807, 2.05) is 12.2 Å². The van der Waals surface area contributed by atoms with Crippen LogP contribution >= 0.6 is 11.6 Å². The monoisotopic (exact) mass is 412 g/mol. The lowest BCUT2D eigenvalue weighted by Crippen LogP contribution is -2.45. The van der Waals surface area contributed by atoms with Crippen LogP contribution in [0.15, 0.2) is 18.2 Å². The molecule has 0 unspecified atom stereocenters. The zero-order chi connectivity index (χ0) is 21.3. The molecule has 9 heteroatoms. The van der Waals surface area contributed by atoms with E-state index in [-0.39, 0.29) is 5.92 Å². The third-order valence-electron chi connectivity index (χ3n) is 3.47. The Balaban J connectivity index is 2.91. The zero-order valence-electron chi connectivity index (χ0n) is 16.3. The predicted octanol–water partition coefficient (Wildman–Crippen LogP) is 2.91. The van der Waals surface area contributed by atoms with Crippen molar-refractivity contribution in [2.75, 3.05) is 13.7 Å². The van der Waals surface area contributed by atoms with Crippen molar-refractivity contribution < 1.29 is 28.6 Å². The quantitative estimate of drug-likeness (QED) is 0.475. The van der Waals surface area contributed by atoms with Crippen LogP contribution in [0.25, 0.3) is 6.08 Å². The highest BCUT2D eigenvalue weighted by atomic mass is 35.5. The number of benzene rings is 1. The number of imide groups is 1. The Kier molecular flexibility index (Phi) is 9.31. The van der Waals surface area contributed by atoms with Crippen molar-refractivity contribution in [2.24, 2.45) is 11.7 Å². The van der Waals surface area contributed by atoms with Gasteiger partial charge in [-0.3, -0.25) is 10.1 Å². The Labute approximate surface area is 169 Å². The molecule has 8 nitrogen and oxygen atoms in total. The van der Waals surface area contributed by atoms with Gasteiger partial charge in [0.15, 0.2) is 17.6 Å². The number of hydrogen-bond acceptors (Lipinski definition) is 6. The molecular formula is C19H25ClN2O6. The number of esters is 1. The molecule has 0 saturated carbocycles. The van der Waals surface area contributed by atoms with Crippen LogP contribution in [0.5, 0.6) is 11.5 Å². The Morgan fingerprint density at radius 2 is 1.96 bits per heavy atom. The lowest BCUT2D eigenvalue weighted by atomic mass is 10.1. The summed E-state index contributed by atoms with van der Waals surface area (Å²) < 4.78 is 16.0. The van der Waals surface area contributed by atoms with Gasteiger partial charge in [-0.2, -0.15) is 0 Å². The number of halogens is 1. The van der Waals surface area contributed by atoms with E-state index in [1.165, 1.54) is 13.2 Å². The third kappa shape index (κ3) is 7.11. The SMILES string of the molecule is CCCOc1c(Cl)cc(/C=C/C(=O)O[C@H](C(=O)NC(N)=O)C(C)C)cc1OC. The average Bonchev–Trinajstić information content (AvgIpc) is 2.62. The van der Waals surface area contributed by atoms with Crippen molar-refractivity contribution >= 4 is 35.6 Å². The number of carbonyl (C=O) groups excluding carboxylic acids is 3. The summed E-state index contributed by atoms with van der Waals surface area (Å²) in [4.78, 5) is 34.8. The summed E-state index contributed by atoms with van der Waals surface area (Å²) in [6, 6.07) is 2.24. The summed E-state index contributed by atoms with van der Waals surface area (Å²) in [5.74, 6) is -1.06. The molecule has 0 saturated heterocycles. The smallest absolute Gasteiger partial charge is 0.331 e. The first-order valence-corrected chi connectivity index (χ1v) is 9.06. The number of nitrogens with one attached hydrogen (secondary N) is 1. The van der Waals surface area contributed by atoms with Gasteiger partial charge >= 0.3 is 12.0 Å². The van der Waals surface area contributed by atoms with E-state index in [1.54, 1.807) is 26.0 Å². The summed E-state index contributed by atoms with van der Waals surface area (Å²) in [5.41, 5.74) is 5.50. The van der Waals surface area contributed by atoms with Crippen LogP contribution in [-0.2, 0) is 14.3 Å². The minimum absolute atomic E-state index is 0.335. The topological polar surface area (TPSA) is 117 Å². The van der Waals surface area contributed by atoms with Crippen molar-refractivity contribution in [2.45, 2.75) is 33.3 Å². The average molecular weight is 413 g/mol. The van der Waals surface area contributed by atoms with Gasteiger partial charge in [-0.1, -0.05) is 32.4 Å². The van der Waals surface area contributed by atoms with Gasteiger partial charge in [-0.05, 0) is 36.1 Å². The minimum atomic E-state index is -1.16. The van der Waals surface area contributed by atoms with Crippen LogP contribution in [0, 0.1) is 5.92 Å². The lowest BCUT2D eigenvalue weighted by Gasteiger charge is -2.18. The van der Waals surface area contributed by atoms with Gasteiger partial charge in [0, 0.05) is 6.08 Å². The maximum Gasteiger partial charge on any atom is 0.331 e. The molecule has 0 aliphatic carbocycles. The van der Waals surface area contributed by atoms with Gasteiger partial charge < -0.3 is 19.9 Å². The molecule has 0 fully saturated rings. The molecule has 154 valence electrons. The number of amides is 3. The second-order valence-electron chi connectivity index (χ2n) is 6.17. The molecule has 0 bridgehead atoms. The normalized spacial score (nSPS) is 11.9. The fraction of sp³-hybridized carbons (Fsp3) is 0.421. The van der Waals surface area contributed by atoms with E-state index >= 15 is 0 Å². The first-order valence-electron chi connectivity index (χ1n) is 8.68. The van der Waals surface area contributed by atoms with Crippen LogP contribution in [0.2, 0.25) is 5.02 Å². The van der Waals surface area contributed by atoms with Gasteiger partial charge in [0.25, 0.3) is 5.91 Å². The molecule has 0 heterocycles. The summed E-state index contributed by atoms with van der Waals surface area (Å²) in [6.45, 7) is 5.79. The molecule has 1 aromatic carbocycles. The standard InChI is InChI=1S/C19H25ClN2O6/c1-5-8-27-17-13(20)9-12(10-14(17)26-4)6-7-15(23)28-16(11(2)3)18(24)22-19(21)25/h6-7,9-11,16H,5,8H2,1-4H3,(H3,21,22,24,25)/b7-6+/t16-/m0/s1. The van der Waals surface area contributed by atoms with E-state index in [2.05, 4.69) is 0 Å². The number of ether oxygens (including phenoxy) is 3. The van der Waals surface area contributed by atoms with E-state index in [4.69, 9.17) is 31.5 Å². The first kappa shape index (κ1) is 23.3. The van der Waals surface area contributed by atoms with Gasteiger partial charge in [0.2, 0.25) is 0 Å². The van der Waals surface area contributed by atoms with E-state index < -0.39 is 24.0 Å². The highest BCUT2D eigenvalue weighted by Crippen LogP contribution is 2.36. The Morgan fingerprint density at radius 1 is 1.29 bits per heavy atom. The second kappa shape index (κ2) is 11.2. The Morgan fingerprint density at radius 3 is 2.50 bits per heavy atom. The molecule has 0 aliphatic heterocycles.